The fraction of sp³-hybridized carbons (Fsp3) is 0.158. The van der Waals surface area contributed by atoms with Crippen molar-refractivity contribution in [1.29, 1.82) is 0 Å². The Labute approximate surface area is 135 Å². The molecule has 4 nitrogen and oxygen atoms in total. The van der Waals surface area contributed by atoms with Gasteiger partial charge in [-0.3, -0.25) is 0 Å². The first-order chi connectivity index (χ1) is 11.0. The number of carbonyl (C=O) groups is 1. The van der Waals surface area contributed by atoms with E-state index in [1.54, 1.807) is 6.07 Å². The zero-order valence-corrected chi connectivity index (χ0v) is 13.4. The first kappa shape index (κ1) is 15.0. The summed E-state index contributed by atoms with van der Waals surface area (Å²) in [6, 6.07) is 15.3. The summed E-state index contributed by atoms with van der Waals surface area (Å²) in [6.45, 7) is 2.02. The number of carboxylic acids is 1. The Kier molecular flexibility index (Phi) is 3.74. The Hall–Kier alpha value is -2.88. The van der Waals surface area contributed by atoms with E-state index in [4.69, 9.17) is 4.98 Å². The number of rotatable bonds is 3. The van der Waals surface area contributed by atoms with Gasteiger partial charge in [-0.15, -0.1) is 0 Å². The predicted octanol–water partition coefficient (Wildman–Crippen LogP) is 3.97. The summed E-state index contributed by atoms with van der Waals surface area (Å²) in [5.74, 6) is -0.944. The largest absolute Gasteiger partial charge is 0.478 e. The highest BCUT2D eigenvalue weighted by Crippen LogP contribution is 2.36. The Morgan fingerprint density at radius 3 is 2.30 bits per heavy atom. The number of nitrogens with zero attached hydrogens (tertiary/aromatic N) is 2. The highest BCUT2D eigenvalue weighted by Gasteiger charge is 2.22. The van der Waals surface area contributed by atoms with Crippen molar-refractivity contribution in [3.05, 3.63) is 59.7 Å². The van der Waals surface area contributed by atoms with Crippen molar-refractivity contribution in [2.75, 3.05) is 19.0 Å². The standard InChI is InChI=1S/C19H18N2O2/c1-12-8-10-13(11-9-12)17-18(21(2)3)16(19(22)23)14-6-4-5-7-15(14)20-17/h4-11H,1-3H3,(H,22,23). The lowest BCUT2D eigenvalue weighted by Gasteiger charge is -2.21. The number of anilines is 1. The third kappa shape index (κ3) is 2.63. The van der Waals surface area contributed by atoms with Gasteiger partial charge in [-0.05, 0) is 13.0 Å². The van der Waals surface area contributed by atoms with Crippen LogP contribution in [0.3, 0.4) is 0 Å². The van der Waals surface area contributed by atoms with E-state index in [1.807, 2.05) is 68.4 Å². The van der Waals surface area contributed by atoms with Crippen LogP contribution >= 0.6 is 0 Å². The van der Waals surface area contributed by atoms with E-state index in [1.165, 1.54) is 0 Å². The van der Waals surface area contributed by atoms with Gasteiger partial charge >= 0.3 is 5.97 Å². The molecule has 1 aromatic heterocycles. The Morgan fingerprint density at radius 2 is 1.70 bits per heavy atom. The van der Waals surface area contributed by atoms with Gasteiger partial charge < -0.3 is 10.0 Å². The van der Waals surface area contributed by atoms with Crippen molar-refractivity contribution >= 4 is 22.6 Å². The van der Waals surface area contributed by atoms with Gasteiger partial charge in [-0.1, -0.05) is 48.0 Å². The minimum absolute atomic E-state index is 0.288. The fourth-order valence-corrected chi connectivity index (χ4v) is 2.77. The van der Waals surface area contributed by atoms with Gasteiger partial charge in [0.2, 0.25) is 0 Å². The number of para-hydroxylation sites is 1. The summed E-state index contributed by atoms with van der Waals surface area (Å²) in [6.07, 6.45) is 0. The molecule has 0 fully saturated rings. The maximum absolute atomic E-state index is 11.9. The summed E-state index contributed by atoms with van der Waals surface area (Å²) in [5.41, 5.74) is 4.35. The molecule has 3 aromatic rings. The molecular formula is C19H18N2O2. The average molecular weight is 306 g/mol. The normalized spacial score (nSPS) is 10.7. The van der Waals surface area contributed by atoms with E-state index >= 15 is 0 Å². The zero-order chi connectivity index (χ0) is 16.6. The van der Waals surface area contributed by atoms with Gasteiger partial charge in [0.05, 0.1) is 22.5 Å². The van der Waals surface area contributed by atoms with Crippen LogP contribution in [0.15, 0.2) is 48.5 Å². The Bertz CT molecular complexity index is 884. The molecule has 0 amide bonds. The minimum Gasteiger partial charge on any atom is -0.478 e. The van der Waals surface area contributed by atoms with Gasteiger partial charge in [0.25, 0.3) is 0 Å². The zero-order valence-electron chi connectivity index (χ0n) is 13.4. The molecule has 0 aliphatic rings. The molecule has 0 spiro atoms. The van der Waals surface area contributed by atoms with E-state index in [0.717, 1.165) is 11.1 Å². The number of fused-ring (bicyclic) bond motifs is 1. The van der Waals surface area contributed by atoms with Gasteiger partial charge in [-0.2, -0.15) is 0 Å². The first-order valence-electron chi connectivity index (χ1n) is 7.39. The minimum atomic E-state index is -0.944. The lowest BCUT2D eigenvalue weighted by molar-refractivity contribution is 0.0699. The molecule has 3 rings (SSSR count). The van der Waals surface area contributed by atoms with Gasteiger partial charge in [-0.25, -0.2) is 9.78 Å². The van der Waals surface area contributed by atoms with Crippen molar-refractivity contribution in [3.63, 3.8) is 0 Å². The van der Waals surface area contributed by atoms with Crippen LogP contribution in [0.25, 0.3) is 22.2 Å². The summed E-state index contributed by atoms with van der Waals surface area (Å²) < 4.78 is 0. The van der Waals surface area contributed by atoms with Crippen LogP contribution in [-0.4, -0.2) is 30.2 Å². The Morgan fingerprint density at radius 1 is 1.04 bits per heavy atom. The van der Waals surface area contributed by atoms with Crippen molar-refractivity contribution in [3.8, 4) is 11.3 Å². The Balaban J connectivity index is 2.43. The third-order valence-corrected chi connectivity index (χ3v) is 3.85. The van der Waals surface area contributed by atoms with Crippen molar-refractivity contribution in [2.24, 2.45) is 0 Å². The summed E-state index contributed by atoms with van der Waals surface area (Å²) in [5, 5.41) is 10.4. The van der Waals surface area contributed by atoms with Crippen LogP contribution in [0.4, 0.5) is 5.69 Å². The number of pyridine rings is 1. The van der Waals surface area contributed by atoms with Crippen LogP contribution in [0.5, 0.6) is 0 Å². The van der Waals surface area contributed by atoms with E-state index in [2.05, 4.69) is 0 Å². The second-order valence-corrected chi connectivity index (χ2v) is 5.77. The second kappa shape index (κ2) is 5.72. The molecule has 2 aromatic carbocycles. The van der Waals surface area contributed by atoms with Crippen LogP contribution in [0.1, 0.15) is 15.9 Å². The maximum atomic E-state index is 11.9. The molecule has 0 bridgehead atoms. The highest BCUT2D eigenvalue weighted by atomic mass is 16.4. The molecule has 116 valence electrons. The van der Waals surface area contributed by atoms with Crippen molar-refractivity contribution in [1.82, 2.24) is 4.98 Å². The van der Waals surface area contributed by atoms with Crippen LogP contribution < -0.4 is 4.90 Å². The lowest BCUT2D eigenvalue weighted by Crippen LogP contribution is -2.16. The van der Waals surface area contributed by atoms with Crippen LogP contribution in [0, 0.1) is 6.92 Å². The van der Waals surface area contributed by atoms with E-state index in [-0.39, 0.29) is 5.56 Å². The molecule has 0 aliphatic carbocycles. The molecule has 1 heterocycles. The molecule has 0 unspecified atom stereocenters. The molecular weight excluding hydrogens is 288 g/mol. The summed E-state index contributed by atoms with van der Waals surface area (Å²) in [4.78, 5) is 18.5. The number of benzene rings is 2. The molecule has 0 saturated carbocycles. The number of hydrogen-bond acceptors (Lipinski definition) is 3. The molecule has 4 heteroatoms. The van der Waals surface area contributed by atoms with E-state index < -0.39 is 5.97 Å². The molecule has 0 radical (unpaired) electrons. The number of hydrogen-bond donors (Lipinski definition) is 1. The molecule has 0 atom stereocenters. The molecule has 23 heavy (non-hydrogen) atoms. The van der Waals surface area contributed by atoms with Crippen LogP contribution in [0.2, 0.25) is 0 Å². The SMILES string of the molecule is Cc1ccc(-c2nc3ccccc3c(C(=O)O)c2N(C)C)cc1. The predicted molar refractivity (Wildman–Crippen MR) is 93.2 cm³/mol. The summed E-state index contributed by atoms with van der Waals surface area (Å²) in [7, 11) is 3.69. The number of carboxylic acid groups (broad SMARTS) is 1. The second-order valence-electron chi connectivity index (χ2n) is 5.77. The van der Waals surface area contributed by atoms with Gasteiger partial charge in [0.15, 0.2) is 0 Å². The highest BCUT2D eigenvalue weighted by molar-refractivity contribution is 6.10. The van der Waals surface area contributed by atoms with Crippen LogP contribution in [-0.2, 0) is 0 Å². The molecule has 1 N–H and O–H groups in total. The van der Waals surface area contributed by atoms with E-state index in [0.29, 0.717) is 22.3 Å². The number of aromatic carboxylic acids is 1. The van der Waals surface area contributed by atoms with Crippen molar-refractivity contribution in [2.45, 2.75) is 6.92 Å². The van der Waals surface area contributed by atoms with Gasteiger partial charge in [0.1, 0.15) is 0 Å². The van der Waals surface area contributed by atoms with E-state index in [9.17, 15) is 9.90 Å². The number of aromatic nitrogens is 1. The smallest absolute Gasteiger partial charge is 0.338 e. The third-order valence-electron chi connectivity index (χ3n) is 3.85. The van der Waals surface area contributed by atoms with Gasteiger partial charge in [0, 0.05) is 25.0 Å². The van der Waals surface area contributed by atoms with Crippen molar-refractivity contribution < 1.29 is 9.90 Å². The molecule has 0 aliphatic heterocycles. The monoisotopic (exact) mass is 306 g/mol. The maximum Gasteiger partial charge on any atom is 0.338 e. The first-order valence-corrected chi connectivity index (χ1v) is 7.39. The topological polar surface area (TPSA) is 53.4 Å². The fourth-order valence-electron chi connectivity index (χ4n) is 2.77. The average Bonchev–Trinajstić information content (AvgIpc) is 2.53. The quantitative estimate of drug-likeness (QED) is 0.795. The summed E-state index contributed by atoms with van der Waals surface area (Å²) >= 11 is 0. The number of aryl methyl sites for hydroxylation is 1. The lowest BCUT2D eigenvalue weighted by atomic mass is 10.00. The molecule has 0 saturated heterocycles.